The molecule has 3 rings (SSSR count). The number of aryl methyl sites for hydroxylation is 1. The minimum Gasteiger partial charge on any atom is -0.464 e. The maximum atomic E-state index is 12.2. The molecule has 1 amide bonds. The van der Waals surface area contributed by atoms with Gasteiger partial charge in [0.15, 0.2) is 6.20 Å². The van der Waals surface area contributed by atoms with Gasteiger partial charge in [0.05, 0.1) is 0 Å². The molecule has 45 heavy (non-hydrogen) atoms. The first-order valence-electron chi connectivity index (χ1n) is 18.2. The third kappa shape index (κ3) is 16.7. The van der Waals surface area contributed by atoms with E-state index in [0.717, 1.165) is 32.2 Å². The third-order valence-corrected chi connectivity index (χ3v) is 10.3. The lowest BCUT2D eigenvalue weighted by Crippen LogP contribution is -2.36. The van der Waals surface area contributed by atoms with Crippen LogP contribution in [-0.2, 0) is 20.8 Å². The molecule has 6 nitrogen and oxygen atoms in total. The minimum atomic E-state index is -0.312. The standard InChI is InChI=1S/C38H60N2O4S/c1-2-3-4-5-6-7-8-9-10-11-12-13-14-15-16-20-27-39-38(42)44-32-35-30-34(45-35)31-43-37(41)26-19-21-28-40-29-22-24-33-23-17-18-25-36(33)40/h17-18,22-25,29,34-35H,2-16,19-21,26-28,30-32H2,1H3/p+1/t34-,35-/m0/s1. The van der Waals surface area contributed by atoms with E-state index in [4.69, 9.17) is 9.47 Å². The molecule has 2 heterocycles. The number of hydrogen-bond acceptors (Lipinski definition) is 5. The maximum absolute atomic E-state index is 12.2. The van der Waals surface area contributed by atoms with Gasteiger partial charge in [-0.2, -0.15) is 4.57 Å². The number of thioether (sulfide) groups is 1. The fourth-order valence-corrected chi connectivity index (χ4v) is 7.24. The summed E-state index contributed by atoms with van der Waals surface area (Å²) in [5.41, 5.74) is 1.22. The molecule has 1 aliphatic heterocycles. The van der Waals surface area contributed by atoms with Crippen molar-refractivity contribution in [2.75, 3.05) is 19.8 Å². The molecule has 1 aromatic heterocycles. The Labute approximate surface area is 277 Å². The average Bonchev–Trinajstić information content (AvgIpc) is 3.03. The highest BCUT2D eigenvalue weighted by Crippen LogP contribution is 2.36. The first kappa shape index (κ1) is 37.2. The number of amides is 1. The topological polar surface area (TPSA) is 68.5 Å². The second kappa shape index (κ2) is 24.0. The number of nitrogens with one attached hydrogen (secondary N) is 1. The van der Waals surface area contributed by atoms with Crippen LogP contribution in [0.2, 0.25) is 0 Å². The molecule has 1 fully saturated rings. The van der Waals surface area contributed by atoms with Gasteiger partial charge in [-0.15, -0.1) is 11.8 Å². The molecule has 2 aromatic rings. The number of benzene rings is 1. The number of nitrogens with zero attached hydrogens (tertiary/aromatic N) is 1. The van der Waals surface area contributed by atoms with Crippen LogP contribution in [0.5, 0.6) is 0 Å². The largest absolute Gasteiger partial charge is 0.464 e. The Bertz CT molecular complexity index is 1070. The number of carbonyl (C=O) groups excluding carboxylic acids is 2. The summed E-state index contributed by atoms with van der Waals surface area (Å²) in [5.74, 6) is -0.119. The normalized spacial score (nSPS) is 15.9. The highest BCUT2D eigenvalue weighted by Gasteiger charge is 2.31. The lowest BCUT2D eigenvalue weighted by Gasteiger charge is -2.33. The number of carbonyl (C=O) groups is 2. The molecule has 0 aliphatic carbocycles. The zero-order chi connectivity index (χ0) is 31.8. The predicted octanol–water partition coefficient (Wildman–Crippen LogP) is 9.70. The van der Waals surface area contributed by atoms with Gasteiger partial charge in [0.25, 0.3) is 0 Å². The number of unbranched alkanes of at least 4 members (excludes halogenated alkanes) is 16. The molecule has 1 saturated heterocycles. The molecule has 0 unspecified atom stereocenters. The molecule has 7 heteroatoms. The molecule has 2 atom stereocenters. The van der Waals surface area contributed by atoms with Gasteiger partial charge >= 0.3 is 12.1 Å². The van der Waals surface area contributed by atoms with Gasteiger partial charge in [-0.3, -0.25) is 4.79 Å². The van der Waals surface area contributed by atoms with Gasteiger partial charge in [0, 0.05) is 47.4 Å². The summed E-state index contributed by atoms with van der Waals surface area (Å²) in [5, 5.41) is 4.72. The van der Waals surface area contributed by atoms with Crippen LogP contribution in [0, 0.1) is 0 Å². The molecule has 1 aromatic carbocycles. The molecule has 0 saturated carbocycles. The van der Waals surface area contributed by atoms with Crippen molar-refractivity contribution >= 4 is 34.7 Å². The molecule has 0 bridgehead atoms. The summed E-state index contributed by atoms with van der Waals surface area (Å²) in [4.78, 5) is 24.2. The van der Waals surface area contributed by atoms with Crippen molar-refractivity contribution < 1.29 is 23.6 Å². The van der Waals surface area contributed by atoms with E-state index in [-0.39, 0.29) is 12.1 Å². The SMILES string of the molecule is CCCCCCCCCCCCCCCCCCNC(=O)OC[C@@H]1C[C@@H](COC(=O)CCCC[n+]2cccc3ccccc32)S1. The van der Waals surface area contributed by atoms with Crippen molar-refractivity contribution in [2.24, 2.45) is 0 Å². The van der Waals surface area contributed by atoms with E-state index < -0.39 is 0 Å². The average molecular weight is 642 g/mol. The van der Waals surface area contributed by atoms with E-state index in [0.29, 0.717) is 36.7 Å². The van der Waals surface area contributed by atoms with Crippen LogP contribution in [0.4, 0.5) is 4.79 Å². The zero-order valence-electron chi connectivity index (χ0n) is 28.2. The van der Waals surface area contributed by atoms with Gasteiger partial charge in [0.2, 0.25) is 5.52 Å². The van der Waals surface area contributed by atoms with Crippen molar-refractivity contribution in [2.45, 2.75) is 152 Å². The number of para-hydroxylation sites is 1. The molecule has 252 valence electrons. The quantitative estimate of drug-likeness (QED) is 0.0629. The summed E-state index contributed by atoms with van der Waals surface area (Å²) in [6.07, 6.45) is 26.5. The lowest BCUT2D eigenvalue weighted by atomic mass is 10.0. The summed E-state index contributed by atoms with van der Waals surface area (Å²) >= 11 is 1.75. The second-order valence-electron chi connectivity index (χ2n) is 12.8. The fourth-order valence-electron chi connectivity index (χ4n) is 6.08. The number of fused-ring (bicyclic) bond motifs is 1. The van der Waals surface area contributed by atoms with Gasteiger partial charge in [-0.25, -0.2) is 4.79 Å². The summed E-state index contributed by atoms with van der Waals surface area (Å²) < 4.78 is 13.1. The van der Waals surface area contributed by atoms with E-state index >= 15 is 0 Å². The van der Waals surface area contributed by atoms with Crippen LogP contribution >= 0.6 is 11.8 Å². The van der Waals surface area contributed by atoms with E-state index in [9.17, 15) is 9.59 Å². The first-order valence-corrected chi connectivity index (χ1v) is 19.2. The van der Waals surface area contributed by atoms with Crippen molar-refractivity contribution in [3.8, 4) is 0 Å². The monoisotopic (exact) mass is 641 g/mol. The van der Waals surface area contributed by atoms with Crippen LogP contribution < -0.4 is 9.88 Å². The van der Waals surface area contributed by atoms with Crippen molar-refractivity contribution in [1.29, 1.82) is 0 Å². The Morgan fingerprint density at radius 1 is 0.733 bits per heavy atom. The first-order chi connectivity index (χ1) is 22.2. The predicted molar refractivity (Wildman–Crippen MR) is 188 cm³/mol. The van der Waals surface area contributed by atoms with E-state index in [1.165, 1.54) is 107 Å². The molecule has 0 spiro atoms. The minimum absolute atomic E-state index is 0.119. The van der Waals surface area contributed by atoms with Crippen LogP contribution in [0.25, 0.3) is 10.9 Å². The van der Waals surface area contributed by atoms with E-state index in [2.05, 4.69) is 59.4 Å². The van der Waals surface area contributed by atoms with E-state index in [1.807, 2.05) is 0 Å². The summed E-state index contributed by atoms with van der Waals surface area (Å²) in [6, 6.07) is 12.6. The van der Waals surface area contributed by atoms with Crippen LogP contribution in [0.3, 0.4) is 0 Å². The van der Waals surface area contributed by atoms with Gasteiger partial charge in [-0.1, -0.05) is 115 Å². The molecular formula is C38H61N2O4S+. The Kier molecular flexibility index (Phi) is 19.8. The lowest BCUT2D eigenvalue weighted by molar-refractivity contribution is -0.671. The molecule has 1 aliphatic rings. The molecule has 1 N–H and O–H groups in total. The number of hydrogen-bond donors (Lipinski definition) is 1. The highest BCUT2D eigenvalue weighted by molar-refractivity contribution is 8.01. The van der Waals surface area contributed by atoms with Crippen molar-refractivity contribution in [3.63, 3.8) is 0 Å². The summed E-state index contributed by atoms with van der Waals surface area (Å²) in [7, 11) is 0. The maximum Gasteiger partial charge on any atom is 0.407 e. The molecule has 0 radical (unpaired) electrons. The van der Waals surface area contributed by atoms with Gasteiger partial charge < -0.3 is 14.8 Å². The van der Waals surface area contributed by atoms with Crippen molar-refractivity contribution in [3.05, 3.63) is 42.6 Å². The van der Waals surface area contributed by atoms with Crippen LogP contribution in [-0.4, -0.2) is 42.3 Å². The fraction of sp³-hybridized carbons (Fsp3) is 0.711. The smallest absolute Gasteiger partial charge is 0.407 e. The summed E-state index contributed by atoms with van der Waals surface area (Å²) in [6.45, 7) is 4.73. The number of alkyl carbamates (subject to hydrolysis) is 1. The number of ether oxygens (including phenoxy) is 2. The number of pyridine rings is 1. The number of rotatable bonds is 26. The van der Waals surface area contributed by atoms with Crippen LogP contribution in [0.1, 0.15) is 135 Å². The molecular weight excluding hydrogens is 580 g/mol. The zero-order valence-corrected chi connectivity index (χ0v) is 29.0. The van der Waals surface area contributed by atoms with Gasteiger partial charge in [0.1, 0.15) is 19.8 Å². The van der Waals surface area contributed by atoms with Crippen molar-refractivity contribution in [1.82, 2.24) is 5.32 Å². The Hall–Kier alpha value is -2.28. The Morgan fingerprint density at radius 3 is 1.93 bits per heavy atom. The Morgan fingerprint density at radius 2 is 1.29 bits per heavy atom. The second-order valence-corrected chi connectivity index (χ2v) is 14.5. The number of esters is 1. The Balaban J connectivity index is 1.04. The van der Waals surface area contributed by atoms with Crippen LogP contribution in [0.15, 0.2) is 42.6 Å². The van der Waals surface area contributed by atoms with E-state index in [1.54, 1.807) is 11.8 Å². The third-order valence-electron chi connectivity index (χ3n) is 8.86. The number of aromatic nitrogens is 1. The highest BCUT2D eigenvalue weighted by atomic mass is 32.2. The van der Waals surface area contributed by atoms with Gasteiger partial charge in [-0.05, 0) is 31.4 Å².